The highest BCUT2D eigenvalue weighted by atomic mass is 31.2. The Morgan fingerprint density at radius 1 is 0.735 bits per heavy atom. The lowest BCUT2D eigenvalue weighted by atomic mass is 10.2. The number of carbonyl (C=O) groups is 2. The summed E-state index contributed by atoms with van der Waals surface area (Å²) in [7, 11) is -7.36. The van der Waals surface area contributed by atoms with Gasteiger partial charge in [0.05, 0.1) is 13.2 Å². The fraction of sp³-hybridized carbons (Fsp3) is 0.333. The highest BCUT2D eigenvalue weighted by molar-refractivity contribution is 7.68. The lowest BCUT2D eigenvalue weighted by Gasteiger charge is -2.29. The molecule has 0 aliphatic heterocycles. The summed E-state index contributed by atoms with van der Waals surface area (Å²) in [6, 6.07) is 27.6. The number of hydrogen-bond acceptors (Lipinski definition) is 8. The van der Waals surface area contributed by atoms with Crippen molar-refractivity contribution in [2.24, 2.45) is 11.8 Å². The smallest absolute Gasteiger partial charge is 0.408 e. The second-order valence-corrected chi connectivity index (χ2v) is 16.3. The van der Waals surface area contributed by atoms with Crippen molar-refractivity contribution in [1.29, 1.82) is 0 Å². The Morgan fingerprint density at radius 3 is 1.55 bits per heavy atom. The van der Waals surface area contributed by atoms with Crippen molar-refractivity contribution < 1.29 is 42.1 Å². The maximum absolute atomic E-state index is 13.9. The maximum atomic E-state index is 13.9. The largest absolute Gasteiger partial charge is 0.445 e. The monoisotopic (exact) mass is 710 g/mol. The average molecular weight is 711 g/mol. The number of benzene rings is 3. The quantitative estimate of drug-likeness (QED) is 0.108. The summed E-state index contributed by atoms with van der Waals surface area (Å²) in [5, 5.41) is 3.58. The Bertz CT molecular complexity index is 1680. The first-order chi connectivity index (χ1) is 23.5. The molecule has 0 radical (unpaired) electrons. The van der Waals surface area contributed by atoms with Crippen LogP contribution in [0.25, 0.3) is 0 Å². The van der Waals surface area contributed by atoms with Crippen LogP contribution in [0.15, 0.2) is 116 Å². The highest BCUT2D eigenvalue weighted by Crippen LogP contribution is 2.71. The SMILES string of the molecule is C=C[C@@H]1C[C@]1(NC(=O)OCc1ccccc1)P(=O)(O)OCC.C=C[C@@H]1C[C@]1(NC(=O)OCc1ccccc1)P(=O)(OCC)c1ccccc1. The zero-order chi connectivity index (χ0) is 35.5. The van der Waals surface area contributed by atoms with Crippen molar-refractivity contribution in [2.75, 3.05) is 13.2 Å². The van der Waals surface area contributed by atoms with Gasteiger partial charge < -0.3 is 34.0 Å². The molecule has 11 nitrogen and oxygen atoms in total. The van der Waals surface area contributed by atoms with Gasteiger partial charge in [0.2, 0.25) is 0 Å². The third kappa shape index (κ3) is 8.79. The summed E-state index contributed by atoms with van der Waals surface area (Å²) in [6.07, 6.45) is 2.71. The molecule has 2 aliphatic carbocycles. The number of hydrogen-bond donors (Lipinski definition) is 3. The molecule has 49 heavy (non-hydrogen) atoms. The number of carbonyl (C=O) groups excluding carboxylic acids is 2. The molecular weight excluding hydrogens is 666 g/mol. The van der Waals surface area contributed by atoms with E-state index in [1.807, 2.05) is 78.9 Å². The standard InChI is InChI=1S/C21H24NO4P.C15H20NO5P/c1-3-18-15-21(18,22-20(23)25-16-17-11-7-5-8-12-17)27(24,26-4-2)19-13-9-6-10-14-19;1-3-13-10-15(13,22(18,19)21-4-2)16-14(17)20-11-12-8-6-5-7-9-12/h3,5-14,18H,1,4,15-16H2,2H3,(H,22,23);3,5-9,13H,1,4,10-11H2,2H3,(H,16,17)(H,18,19)/t18-,21+,27?;13-,15+/m11/s1. The van der Waals surface area contributed by atoms with Gasteiger partial charge in [-0.05, 0) is 49.9 Å². The molecule has 0 saturated heterocycles. The number of ether oxygens (including phenoxy) is 2. The molecule has 5 rings (SSSR count). The minimum absolute atomic E-state index is 0.0835. The van der Waals surface area contributed by atoms with Gasteiger partial charge in [-0.1, -0.05) is 91.0 Å². The molecule has 2 aliphatic rings. The number of alkyl carbamates (subject to hydrolysis) is 2. The Labute approximate surface area is 287 Å². The van der Waals surface area contributed by atoms with Crippen LogP contribution >= 0.6 is 15.0 Å². The van der Waals surface area contributed by atoms with E-state index in [1.54, 1.807) is 38.1 Å². The second-order valence-electron chi connectivity index (χ2n) is 11.6. The lowest BCUT2D eigenvalue weighted by molar-refractivity contribution is 0.134. The molecule has 0 aromatic heterocycles. The molecule has 262 valence electrons. The topological polar surface area (TPSA) is 149 Å². The van der Waals surface area contributed by atoms with Crippen molar-refractivity contribution in [1.82, 2.24) is 10.6 Å². The predicted molar refractivity (Wildman–Crippen MR) is 188 cm³/mol. The molecule has 2 amide bonds. The van der Waals surface area contributed by atoms with E-state index < -0.39 is 37.7 Å². The summed E-state index contributed by atoms with van der Waals surface area (Å²) in [4.78, 5) is 34.5. The Kier molecular flexibility index (Phi) is 12.8. The van der Waals surface area contributed by atoms with E-state index >= 15 is 0 Å². The fourth-order valence-electron chi connectivity index (χ4n) is 5.59. The van der Waals surface area contributed by atoms with Crippen molar-refractivity contribution in [3.05, 3.63) is 127 Å². The first-order valence-electron chi connectivity index (χ1n) is 16.0. The molecule has 3 N–H and O–H groups in total. The molecule has 3 aromatic rings. The van der Waals surface area contributed by atoms with Crippen LogP contribution in [0.5, 0.6) is 0 Å². The van der Waals surface area contributed by atoms with Crippen LogP contribution in [0.2, 0.25) is 0 Å². The third-order valence-electron chi connectivity index (χ3n) is 8.34. The van der Waals surface area contributed by atoms with Crippen LogP contribution < -0.4 is 15.9 Å². The van der Waals surface area contributed by atoms with E-state index in [4.69, 9.17) is 18.5 Å². The zero-order valence-corrected chi connectivity index (χ0v) is 29.5. The van der Waals surface area contributed by atoms with Crippen molar-refractivity contribution in [3.8, 4) is 0 Å². The normalized spacial score (nSPS) is 24.3. The molecule has 6 atom stereocenters. The summed E-state index contributed by atoms with van der Waals surface area (Å²) in [6.45, 7) is 11.4. The van der Waals surface area contributed by atoms with E-state index in [0.717, 1.165) is 11.1 Å². The van der Waals surface area contributed by atoms with Gasteiger partial charge >= 0.3 is 19.8 Å². The first-order valence-corrected chi connectivity index (χ1v) is 19.2. The Morgan fingerprint density at radius 2 is 1.14 bits per heavy atom. The van der Waals surface area contributed by atoms with Crippen LogP contribution in [-0.4, -0.2) is 40.9 Å². The van der Waals surface area contributed by atoms with Gasteiger partial charge in [0, 0.05) is 17.1 Å². The van der Waals surface area contributed by atoms with Crippen molar-refractivity contribution >= 4 is 32.5 Å². The van der Waals surface area contributed by atoms with Crippen LogP contribution in [0.1, 0.15) is 37.8 Å². The second kappa shape index (κ2) is 16.6. The molecule has 13 heteroatoms. The van der Waals surface area contributed by atoms with Gasteiger partial charge in [-0.2, -0.15) is 0 Å². The average Bonchev–Trinajstić information content (AvgIpc) is 4.03. The molecule has 2 unspecified atom stereocenters. The Hall–Kier alpha value is -3.98. The van der Waals surface area contributed by atoms with E-state index in [-0.39, 0.29) is 38.3 Å². The van der Waals surface area contributed by atoms with Gasteiger partial charge in [0.15, 0.2) is 5.28 Å². The van der Waals surface area contributed by atoms with E-state index in [0.29, 0.717) is 18.1 Å². The van der Waals surface area contributed by atoms with E-state index in [1.165, 1.54) is 0 Å². The molecule has 0 heterocycles. The third-order valence-corrected chi connectivity index (χ3v) is 13.9. The zero-order valence-electron chi connectivity index (χ0n) is 27.7. The molecule has 3 aromatic carbocycles. The van der Waals surface area contributed by atoms with Crippen molar-refractivity contribution in [3.63, 3.8) is 0 Å². The molecule has 2 fully saturated rings. The van der Waals surface area contributed by atoms with Crippen LogP contribution in [0, 0.1) is 11.8 Å². The van der Waals surface area contributed by atoms with Crippen molar-refractivity contribution in [2.45, 2.75) is 50.5 Å². The van der Waals surface area contributed by atoms with Gasteiger partial charge in [-0.3, -0.25) is 9.13 Å². The van der Waals surface area contributed by atoms with E-state index in [2.05, 4.69) is 23.8 Å². The van der Waals surface area contributed by atoms with Gasteiger partial charge in [0.25, 0.3) is 7.37 Å². The first kappa shape index (κ1) is 37.8. The molecular formula is C36H44N2O9P2. The minimum atomic E-state index is -3.99. The number of rotatable bonds is 15. The number of nitrogens with one attached hydrogen (secondary N) is 2. The molecule has 2 saturated carbocycles. The summed E-state index contributed by atoms with van der Waals surface area (Å²) >= 11 is 0. The van der Waals surface area contributed by atoms with Crippen LogP contribution in [0.4, 0.5) is 9.59 Å². The van der Waals surface area contributed by atoms with Gasteiger partial charge in [-0.25, -0.2) is 9.59 Å². The van der Waals surface area contributed by atoms with Crippen LogP contribution in [-0.2, 0) is 40.9 Å². The fourth-order valence-corrected chi connectivity index (χ4v) is 10.3. The molecule has 0 bridgehead atoms. The van der Waals surface area contributed by atoms with Gasteiger partial charge in [0.1, 0.15) is 18.5 Å². The number of amides is 2. The van der Waals surface area contributed by atoms with E-state index in [9.17, 15) is 23.6 Å². The minimum Gasteiger partial charge on any atom is -0.445 e. The summed E-state index contributed by atoms with van der Waals surface area (Å²) in [5.41, 5.74) is 1.72. The Balaban J connectivity index is 0.000000226. The summed E-state index contributed by atoms with van der Waals surface area (Å²) < 4.78 is 47.4. The lowest BCUT2D eigenvalue weighted by Crippen LogP contribution is -2.41. The van der Waals surface area contributed by atoms with Gasteiger partial charge in [-0.15, -0.1) is 13.2 Å². The summed E-state index contributed by atoms with van der Waals surface area (Å²) in [5.74, 6) is -0.446. The molecule has 0 spiro atoms. The predicted octanol–water partition coefficient (Wildman–Crippen LogP) is 7.49. The maximum Gasteiger partial charge on any atom is 0.408 e. The highest BCUT2D eigenvalue weighted by Gasteiger charge is 2.68. The van der Waals surface area contributed by atoms with Crippen LogP contribution in [0.3, 0.4) is 0 Å².